The zero-order chi connectivity index (χ0) is 19.1. The van der Waals surface area contributed by atoms with Crippen molar-refractivity contribution in [2.75, 3.05) is 19.6 Å². The second-order valence-corrected chi connectivity index (χ2v) is 7.32. The second kappa shape index (κ2) is 9.55. The highest BCUT2D eigenvalue weighted by atomic mass is 79.9. The minimum Gasteiger partial charge on any atom is -0.488 e. The molecule has 142 valence electrons. The van der Waals surface area contributed by atoms with Gasteiger partial charge in [0.25, 0.3) is 5.91 Å². The van der Waals surface area contributed by atoms with Crippen LogP contribution in [-0.4, -0.2) is 36.3 Å². The number of nitrogens with one attached hydrogen (secondary N) is 1. The molecule has 1 aliphatic heterocycles. The Bertz CT molecular complexity index is 810. The predicted molar refractivity (Wildman–Crippen MR) is 108 cm³/mol. The largest absolute Gasteiger partial charge is 0.488 e. The van der Waals surface area contributed by atoms with E-state index in [2.05, 4.69) is 21.2 Å². The highest BCUT2D eigenvalue weighted by Gasteiger charge is 2.19. The minimum absolute atomic E-state index is 0.162. The van der Waals surface area contributed by atoms with E-state index in [0.717, 1.165) is 29.4 Å². The lowest BCUT2D eigenvalue weighted by atomic mass is 10.2. The van der Waals surface area contributed by atoms with Gasteiger partial charge in [-0.05, 0) is 31.0 Å². The summed E-state index contributed by atoms with van der Waals surface area (Å²) in [5.41, 5.74) is 1.53. The number of hydrogen-bond donors (Lipinski definition) is 1. The van der Waals surface area contributed by atoms with Crippen LogP contribution < -0.4 is 10.1 Å². The van der Waals surface area contributed by atoms with Crippen molar-refractivity contribution in [1.82, 2.24) is 10.2 Å². The number of likely N-dealkylation sites (tertiary alicyclic amines) is 1. The fourth-order valence-corrected chi connectivity index (χ4v) is 3.46. The maximum Gasteiger partial charge on any atom is 0.255 e. The van der Waals surface area contributed by atoms with Crippen molar-refractivity contribution >= 4 is 27.7 Å². The van der Waals surface area contributed by atoms with Gasteiger partial charge in [0.05, 0.1) is 5.56 Å². The van der Waals surface area contributed by atoms with Crippen molar-refractivity contribution in [3.05, 3.63) is 64.1 Å². The molecule has 0 aliphatic carbocycles. The van der Waals surface area contributed by atoms with E-state index in [0.29, 0.717) is 37.4 Å². The van der Waals surface area contributed by atoms with Crippen molar-refractivity contribution in [1.29, 1.82) is 0 Å². The summed E-state index contributed by atoms with van der Waals surface area (Å²) in [6, 6.07) is 15.1. The third-order valence-electron chi connectivity index (χ3n) is 4.53. The Labute approximate surface area is 167 Å². The van der Waals surface area contributed by atoms with E-state index in [1.54, 1.807) is 12.1 Å². The Morgan fingerprint density at radius 3 is 2.70 bits per heavy atom. The lowest BCUT2D eigenvalue weighted by Gasteiger charge is -2.16. The van der Waals surface area contributed by atoms with Gasteiger partial charge in [0.1, 0.15) is 12.4 Å². The van der Waals surface area contributed by atoms with E-state index in [1.807, 2.05) is 41.3 Å². The summed E-state index contributed by atoms with van der Waals surface area (Å²) in [4.78, 5) is 26.0. The number of hydrogen-bond acceptors (Lipinski definition) is 3. The van der Waals surface area contributed by atoms with Gasteiger partial charge in [0.15, 0.2) is 0 Å². The number of amides is 2. The quantitative estimate of drug-likeness (QED) is 0.648. The first kappa shape index (κ1) is 19.4. The molecule has 0 radical (unpaired) electrons. The van der Waals surface area contributed by atoms with E-state index in [1.165, 1.54) is 0 Å². The molecule has 0 saturated carbocycles. The maximum absolute atomic E-state index is 12.5. The van der Waals surface area contributed by atoms with Crippen LogP contribution in [0.15, 0.2) is 53.0 Å². The number of benzene rings is 2. The molecule has 1 saturated heterocycles. The van der Waals surface area contributed by atoms with Gasteiger partial charge >= 0.3 is 0 Å². The van der Waals surface area contributed by atoms with Crippen molar-refractivity contribution in [2.45, 2.75) is 25.9 Å². The van der Waals surface area contributed by atoms with Gasteiger partial charge in [-0.1, -0.05) is 46.3 Å². The summed E-state index contributed by atoms with van der Waals surface area (Å²) in [7, 11) is 0. The molecule has 6 heteroatoms. The number of nitrogens with zero attached hydrogens (tertiary/aromatic N) is 1. The Balaban J connectivity index is 1.52. The van der Waals surface area contributed by atoms with Gasteiger partial charge in [-0.2, -0.15) is 0 Å². The average molecular weight is 431 g/mol. The summed E-state index contributed by atoms with van der Waals surface area (Å²) >= 11 is 3.50. The zero-order valence-electron chi connectivity index (χ0n) is 15.1. The van der Waals surface area contributed by atoms with Gasteiger partial charge in [-0.25, -0.2) is 0 Å². The number of rotatable bonds is 8. The van der Waals surface area contributed by atoms with Crippen molar-refractivity contribution in [3.8, 4) is 5.75 Å². The van der Waals surface area contributed by atoms with Gasteiger partial charge < -0.3 is 15.0 Å². The first-order valence-corrected chi connectivity index (χ1v) is 9.95. The number of halogens is 1. The first-order chi connectivity index (χ1) is 13.1. The van der Waals surface area contributed by atoms with Crippen LogP contribution >= 0.6 is 15.9 Å². The third kappa shape index (κ3) is 5.32. The van der Waals surface area contributed by atoms with E-state index in [9.17, 15) is 9.59 Å². The van der Waals surface area contributed by atoms with Crippen LogP contribution in [0.25, 0.3) is 0 Å². The van der Waals surface area contributed by atoms with Crippen LogP contribution in [0.2, 0.25) is 0 Å². The van der Waals surface area contributed by atoms with Crippen molar-refractivity contribution in [3.63, 3.8) is 0 Å². The van der Waals surface area contributed by atoms with Crippen LogP contribution in [-0.2, 0) is 11.4 Å². The predicted octanol–water partition coefficient (Wildman–Crippen LogP) is 3.77. The normalized spacial score (nSPS) is 13.7. The van der Waals surface area contributed by atoms with Gasteiger partial charge in [0, 0.05) is 36.1 Å². The van der Waals surface area contributed by atoms with Crippen LogP contribution in [0.4, 0.5) is 0 Å². The number of ether oxygens (including phenoxy) is 1. The standard InChI is InChI=1S/C21H23BrN2O3/c22-18-9-3-1-7-16(18)15-27-19-10-4-2-8-17(19)21(26)23-12-6-14-24-13-5-11-20(24)25/h1-4,7-10H,5-6,11-15H2,(H,23,26). The number of para-hydroxylation sites is 1. The van der Waals surface area contributed by atoms with Crippen molar-refractivity contribution in [2.24, 2.45) is 0 Å². The molecule has 1 N–H and O–H groups in total. The summed E-state index contributed by atoms with van der Waals surface area (Å²) in [5.74, 6) is 0.609. The lowest BCUT2D eigenvalue weighted by Crippen LogP contribution is -2.30. The topological polar surface area (TPSA) is 58.6 Å². The molecule has 0 atom stereocenters. The van der Waals surface area contributed by atoms with Crippen molar-refractivity contribution < 1.29 is 14.3 Å². The number of carbonyl (C=O) groups is 2. The Morgan fingerprint density at radius 1 is 1.15 bits per heavy atom. The molecule has 2 amide bonds. The van der Waals surface area contributed by atoms with E-state index >= 15 is 0 Å². The van der Waals surface area contributed by atoms with Crippen LogP contribution in [0.5, 0.6) is 5.75 Å². The molecule has 2 aromatic carbocycles. The number of carbonyl (C=O) groups excluding carboxylic acids is 2. The van der Waals surface area contributed by atoms with Gasteiger partial charge in [-0.3, -0.25) is 9.59 Å². The summed E-state index contributed by atoms with van der Waals surface area (Å²) < 4.78 is 6.86. The first-order valence-electron chi connectivity index (χ1n) is 9.16. The van der Waals surface area contributed by atoms with Crippen LogP contribution in [0.3, 0.4) is 0 Å². The minimum atomic E-state index is -0.162. The smallest absolute Gasteiger partial charge is 0.255 e. The van der Waals surface area contributed by atoms with Crippen LogP contribution in [0, 0.1) is 0 Å². The van der Waals surface area contributed by atoms with E-state index < -0.39 is 0 Å². The summed E-state index contributed by atoms with van der Waals surface area (Å²) in [6.45, 7) is 2.43. The Hall–Kier alpha value is -2.34. The zero-order valence-corrected chi connectivity index (χ0v) is 16.7. The highest BCUT2D eigenvalue weighted by molar-refractivity contribution is 9.10. The fourth-order valence-electron chi connectivity index (χ4n) is 3.06. The molecule has 5 nitrogen and oxygen atoms in total. The SMILES string of the molecule is O=C(NCCCN1CCCC1=O)c1ccccc1OCc1ccccc1Br. The summed E-state index contributed by atoms with van der Waals surface area (Å²) in [6.07, 6.45) is 2.33. The van der Waals surface area contributed by atoms with Gasteiger partial charge in [-0.15, -0.1) is 0 Å². The Kier molecular flexibility index (Phi) is 6.87. The highest BCUT2D eigenvalue weighted by Crippen LogP contribution is 2.22. The Morgan fingerprint density at radius 2 is 1.93 bits per heavy atom. The molecule has 0 aromatic heterocycles. The molecule has 0 unspecified atom stereocenters. The fraction of sp³-hybridized carbons (Fsp3) is 0.333. The average Bonchev–Trinajstić information content (AvgIpc) is 3.09. The molecule has 0 bridgehead atoms. The van der Waals surface area contributed by atoms with E-state index in [-0.39, 0.29) is 11.8 Å². The molecular weight excluding hydrogens is 408 g/mol. The maximum atomic E-state index is 12.5. The second-order valence-electron chi connectivity index (χ2n) is 6.47. The van der Waals surface area contributed by atoms with E-state index in [4.69, 9.17) is 4.74 Å². The van der Waals surface area contributed by atoms with Crippen LogP contribution in [0.1, 0.15) is 35.2 Å². The molecule has 1 heterocycles. The molecule has 27 heavy (non-hydrogen) atoms. The summed E-state index contributed by atoms with van der Waals surface area (Å²) in [5, 5.41) is 2.92. The molecule has 2 aromatic rings. The molecule has 0 spiro atoms. The molecule has 3 rings (SSSR count). The van der Waals surface area contributed by atoms with Gasteiger partial charge in [0.2, 0.25) is 5.91 Å². The molecule has 1 fully saturated rings. The monoisotopic (exact) mass is 430 g/mol. The molecule has 1 aliphatic rings. The third-order valence-corrected chi connectivity index (χ3v) is 5.31. The lowest BCUT2D eigenvalue weighted by molar-refractivity contribution is -0.127. The molecular formula is C21H23BrN2O3.